The smallest absolute Gasteiger partial charge is 0.215 e. The number of para-hydroxylation sites is 2. The number of hydrogen-bond donors (Lipinski definition) is 0. The minimum atomic E-state index is 0.577. The Labute approximate surface area is 213 Å². The summed E-state index contributed by atoms with van der Waals surface area (Å²) in [4.78, 5) is 7.30. The number of aliphatic imine (C=N–C) groups is 1. The van der Waals surface area contributed by atoms with E-state index < -0.39 is 0 Å². The molecule has 3 heterocycles. The van der Waals surface area contributed by atoms with Crippen LogP contribution in [-0.2, 0) is 0 Å². The van der Waals surface area contributed by atoms with Crippen molar-refractivity contribution < 1.29 is 0 Å². The standard InChI is InChI=1S/C32H23N3S/c1-22-12-4-3-11-19-33-32(34(22)23-13-5-2-6-14-23)35-28-17-9-7-15-24(28)26-21-31-27(20-29(26)35)25-16-8-10-18-30(25)36-31/h2-18,20-21H,1,19H2/b11-3-,12-4-,33-32?. The fraction of sp³-hybridized carbons (Fsp3) is 0.0312. The summed E-state index contributed by atoms with van der Waals surface area (Å²) in [5.41, 5.74) is 4.17. The minimum absolute atomic E-state index is 0.577. The summed E-state index contributed by atoms with van der Waals surface area (Å²) < 4.78 is 4.92. The Morgan fingerprint density at radius 3 is 2.36 bits per heavy atom. The van der Waals surface area contributed by atoms with E-state index in [9.17, 15) is 0 Å². The van der Waals surface area contributed by atoms with Crippen LogP contribution < -0.4 is 4.90 Å². The number of rotatable bonds is 1. The van der Waals surface area contributed by atoms with Gasteiger partial charge in [0.15, 0.2) is 0 Å². The highest BCUT2D eigenvalue weighted by molar-refractivity contribution is 7.25. The Hall–Kier alpha value is -4.41. The largest absolute Gasteiger partial charge is 0.281 e. The Balaban J connectivity index is 1.60. The first-order chi connectivity index (χ1) is 17.8. The van der Waals surface area contributed by atoms with Crippen molar-refractivity contribution in [2.24, 2.45) is 4.99 Å². The highest BCUT2D eigenvalue weighted by atomic mass is 32.1. The Bertz CT molecular complexity index is 1880. The van der Waals surface area contributed by atoms with E-state index >= 15 is 0 Å². The molecule has 0 bridgehead atoms. The molecular weight excluding hydrogens is 458 g/mol. The molecule has 4 heteroatoms. The van der Waals surface area contributed by atoms with Crippen molar-refractivity contribution in [1.29, 1.82) is 0 Å². The number of allylic oxidation sites excluding steroid dienone is 3. The summed E-state index contributed by atoms with van der Waals surface area (Å²) in [5, 5.41) is 5.03. The molecule has 172 valence electrons. The van der Waals surface area contributed by atoms with E-state index in [0.29, 0.717) is 6.54 Å². The second kappa shape index (κ2) is 8.36. The molecule has 4 aromatic carbocycles. The molecule has 0 atom stereocenters. The molecule has 6 aromatic rings. The van der Waals surface area contributed by atoms with E-state index in [1.54, 1.807) is 0 Å². The van der Waals surface area contributed by atoms with Gasteiger partial charge in [-0.2, -0.15) is 0 Å². The van der Waals surface area contributed by atoms with Crippen LogP contribution in [0, 0.1) is 0 Å². The number of benzene rings is 4. The number of thiophene rings is 1. The highest BCUT2D eigenvalue weighted by Crippen LogP contribution is 2.40. The first-order valence-corrected chi connectivity index (χ1v) is 12.9. The van der Waals surface area contributed by atoms with Gasteiger partial charge >= 0.3 is 0 Å². The van der Waals surface area contributed by atoms with Crippen LogP contribution in [0.3, 0.4) is 0 Å². The summed E-state index contributed by atoms with van der Waals surface area (Å²) in [6, 6.07) is 32.4. The lowest BCUT2D eigenvalue weighted by atomic mass is 10.1. The van der Waals surface area contributed by atoms with E-state index in [2.05, 4.69) is 107 Å². The van der Waals surface area contributed by atoms with Gasteiger partial charge in [-0.25, -0.2) is 4.99 Å². The molecule has 0 spiro atoms. The van der Waals surface area contributed by atoms with Crippen LogP contribution in [0.15, 0.2) is 133 Å². The molecule has 0 fully saturated rings. The van der Waals surface area contributed by atoms with Crippen LogP contribution in [0.4, 0.5) is 5.69 Å². The van der Waals surface area contributed by atoms with Gasteiger partial charge in [0.1, 0.15) is 0 Å². The minimum Gasteiger partial charge on any atom is -0.281 e. The van der Waals surface area contributed by atoms with Gasteiger partial charge in [0.05, 0.1) is 17.6 Å². The van der Waals surface area contributed by atoms with Crippen molar-refractivity contribution in [3.05, 3.63) is 128 Å². The van der Waals surface area contributed by atoms with Crippen molar-refractivity contribution >= 4 is 65.0 Å². The first kappa shape index (κ1) is 20.9. The molecule has 0 saturated carbocycles. The molecule has 1 aliphatic rings. The lowest BCUT2D eigenvalue weighted by Crippen LogP contribution is -2.35. The molecule has 0 radical (unpaired) electrons. The van der Waals surface area contributed by atoms with Gasteiger partial charge in [0, 0.05) is 42.3 Å². The Morgan fingerprint density at radius 1 is 0.694 bits per heavy atom. The van der Waals surface area contributed by atoms with Crippen molar-refractivity contribution in [2.75, 3.05) is 11.4 Å². The van der Waals surface area contributed by atoms with Gasteiger partial charge in [-0.15, -0.1) is 11.3 Å². The van der Waals surface area contributed by atoms with Crippen molar-refractivity contribution in [1.82, 2.24) is 4.57 Å². The third-order valence-electron chi connectivity index (χ3n) is 6.75. The molecule has 0 amide bonds. The Kier molecular flexibility index (Phi) is 4.86. The maximum atomic E-state index is 5.14. The van der Waals surface area contributed by atoms with Crippen LogP contribution in [0.25, 0.3) is 42.0 Å². The average molecular weight is 482 g/mol. The number of anilines is 1. The van der Waals surface area contributed by atoms with Crippen molar-refractivity contribution in [2.45, 2.75) is 0 Å². The molecular formula is C32H23N3S. The van der Waals surface area contributed by atoms with Crippen LogP contribution in [0.2, 0.25) is 0 Å². The van der Waals surface area contributed by atoms with E-state index in [0.717, 1.165) is 28.4 Å². The van der Waals surface area contributed by atoms with Crippen molar-refractivity contribution in [3.63, 3.8) is 0 Å². The molecule has 3 nitrogen and oxygen atoms in total. The van der Waals surface area contributed by atoms with E-state index in [1.165, 1.54) is 30.9 Å². The van der Waals surface area contributed by atoms with Gasteiger partial charge in [0.2, 0.25) is 5.96 Å². The lowest BCUT2D eigenvalue weighted by molar-refractivity contribution is 1.09. The van der Waals surface area contributed by atoms with Crippen LogP contribution in [-0.4, -0.2) is 17.1 Å². The van der Waals surface area contributed by atoms with E-state index in [4.69, 9.17) is 4.99 Å². The fourth-order valence-corrected chi connectivity index (χ4v) is 6.27. The highest BCUT2D eigenvalue weighted by Gasteiger charge is 2.23. The molecule has 2 aromatic heterocycles. The molecule has 1 aliphatic heterocycles. The topological polar surface area (TPSA) is 20.5 Å². The second-order valence-electron chi connectivity index (χ2n) is 8.91. The number of hydrogen-bond acceptors (Lipinski definition) is 3. The maximum Gasteiger partial charge on any atom is 0.215 e. The third kappa shape index (κ3) is 3.23. The van der Waals surface area contributed by atoms with Crippen LogP contribution in [0.5, 0.6) is 0 Å². The Morgan fingerprint density at radius 2 is 1.47 bits per heavy atom. The quantitative estimate of drug-likeness (QED) is 0.230. The molecule has 36 heavy (non-hydrogen) atoms. The monoisotopic (exact) mass is 481 g/mol. The molecule has 0 aliphatic carbocycles. The first-order valence-electron chi connectivity index (χ1n) is 12.1. The van der Waals surface area contributed by atoms with Crippen LogP contribution in [0.1, 0.15) is 0 Å². The summed E-state index contributed by atoms with van der Waals surface area (Å²) in [6.07, 6.45) is 8.19. The van der Waals surface area contributed by atoms with Gasteiger partial charge in [0.25, 0.3) is 0 Å². The SMILES string of the molecule is C=C1/C=C\C=C/CN=C(n2c3ccccc3c3cc4sc5ccccc5c4cc32)N1c1ccccc1. The van der Waals surface area contributed by atoms with Gasteiger partial charge in [-0.1, -0.05) is 79.4 Å². The zero-order chi connectivity index (χ0) is 24.1. The average Bonchev–Trinajstić information content (AvgIpc) is 3.46. The summed E-state index contributed by atoms with van der Waals surface area (Å²) in [6.45, 7) is 5.01. The lowest BCUT2D eigenvalue weighted by Gasteiger charge is -2.28. The fourth-order valence-electron chi connectivity index (χ4n) is 5.15. The van der Waals surface area contributed by atoms with Crippen molar-refractivity contribution in [3.8, 4) is 0 Å². The number of nitrogens with zero attached hydrogens (tertiary/aromatic N) is 3. The van der Waals surface area contributed by atoms with Crippen LogP contribution >= 0.6 is 11.3 Å². The summed E-state index contributed by atoms with van der Waals surface area (Å²) >= 11 is 1.85. The molecule has 7 rings (SSSR count). The number of fused-ring (bicyclic) bond motifs is 6. The van der Waals surface area contributed by atoms with E-state index in [-0.39, 0.29) is 0 Å². The predicted molar refractivity (Wildman–Crippen MR) is 156 cm³/mol. The van der Waals surface area contributed by atoms with Gasteiger partial charge in [-0.05, 0) is 42.5 Å². The third-order valence-corrected chi connectivity index (χ3v) is 7.88. The molecule has 0 unspecified atom stereocenters. The number of aromatic nitrogens is 1. The second-order valence-corrected chi connectivity index (χ2v) is 9.99. The zero-order valence-electron chi connectivity index (χ0n) is 19.6. The predicted octanol–water partition coefficient (Wildman–Crippen LogP) is 8.51. The van der Waals surface area contributed by atoms with Gasteiger partial charge < -0.3 is 0 Å². The summed E-state index contributed by atoms with van der Waals surface area (Å²) in [7, 11) is 0. The van der Waals surface area contributed by atoms with E-state index in [1.807, 2.05) is 35.6 Å². The van der Waals surface area contributed by atoms with Gasteiger partial charge in [-0.3, -0.25) is 9.47 Å². The normalized spacial score (nSPS) is 16.3. The zero-order valence-corrected chi connectivity index (χ0v) is 20.5. The molecule has 0 N–H and O–H groups in total. The summed E-state index contributed by atoms with van der Waals surface area (Å²) in [5.74, 6) is 0.840. The molecule has 0 saturated heterocycles. The maximum absolute atomic E-state index is 5.14.